The van der Waals surface area contributed by atoms with E-state index in [2.05, 4.69) is 4.98 Å². The van der Waals surface area contributed by atoms with Crippen LogP contribution in [0.3, 0.4) is 0 Å². The zero-order valence-corrected chi connectivity index (χ0v) is 14.7. The molecule has 0 aliphatic heterocycles. The highest BCUT2D eigenvalue weighted by atomic mass is 32.2. The predicted octanol–water partition coefficient (Wildman–Crippen LogP) is 3.17. The van der Waals surface area contributed by atoms with E-state index >= 15 is 0 Å². The van der Waals surface area contributed by atoms with Gasteiger partial charge in [-0.1, -0.05) is 18.2 Å². The molecule has 0 unspecified atom stereocenters. The second kappa shape index (κ2) is 7.08. The molecule has 7 heteroatoms. The van der Waals surface area contributed by atoms with Gasteiger partial charge in [0, 0.05) is 12.6 Å². The van der Waals surface area contributed by atoms with Gasteiger partial charge in [-0.25, -0.2) is 13.4 Å². The molecule has 3 aromatic rings. The zero-order chi connectivity index (χ0) is 17.9. The van der Waals surface area contributed by atoms with E-state index in [1.807, 2.05) is 24.3 Å². The molecule has 0 atom stereocenters. The minimum atomic E-state index is -3.57. The van der Waals surface area contributed by atoms with E-state index in [1.165, 1.54) is 17.6 Å². The van der Waals surface area contributed by atoms with Gasteiger partial charge < -0.3 is 9.15 Å². The van der Waals surface area contributed by atoms with Crippen molar-refractivity contribution in [3.05, 3.63) is 66.6 Å². The zero-order valence-electron chi connectivity index (χ0n) is 13.9. The normalized spacial score (nSPS) is 11.6. The standard InChI is InChI=1S/C18H18N2O4S/c1-20(25(21,22)17-6-4-3-5-7-17)12-15-13-24-18(19-15)14-8-10-16(23-2)11-9-14/h3-11,13H,12H2,1-2H3. The van der Waals surface area contributed by atoms with Gasteiger partial charge >= 0.3 is 0 Å². The maximum atomic E-state index is 12.5. The molecule has 3 rings (SSSR count). The lowest BCUT2D eigenvalue weighted by atomic mass is 10.2. The molecule has 6 nitrogen and oxygen atoms in total. The van der Waals surface area contributed by atoms with Crippen molar-refractivity contribution in [2.45, 2.75) is 11.4 Å². The molecule has 1 heterocycles. The van der Waals surface area contributed by atoms with E-state index in [-0.39, 0.29) is 11.4 Å². The smallest absolute Gasteiger partial charge is 0.243 e. The van der Waals surface area contributed by atoms with Gasteiger partial charge in [0.05, 0.1) is 24.2 Å². The number of nitrogens with zero attached hydrogens (tertiary/aromatic N) is 2. The van der Waals surface area contributed by atoms with Crippen molar-refractivity contribution in [2.75, 3.05) is 14.2 Å². The third-order valence-corrected chi connectivity index (χ3v) is 5.54. The summed E-state index contributed by atoms with van der Waals surface area (Å²) in [5, 5.41) is 0. The highest BCUT2D eigenvalue weighted by Gasteiger charge is 2.21. The van der Waals surface area contributed by atoms with Gasteiger partial charge in [-0.05, 0) is 36.4 Å². The molecule has 0 fully saturated rings. The van der Waals surface area contributed by atoms with Crippen LogP contribution in [0.2, 0.25) is 0 Å². The number of aromatic nitrogens is 1. The summed E-state index contributed by atoms with van der Waals surface area (Å²) < 4.78 is 36.9. The van der Waals surface area contributed by atoms with Crippen LogP contribution in [0.15, 0.2) is 70.2 Å². The van der Waals surface area contributed by atoms with Crippen LogP contribution in [0.1, 0.15) is 5.69 Å². The van der Waals surface area contributed by atoms with Crippen LogP contribution in [-0.2, 0) is 16.6 Å². The molecule has 0 spiro atoms. The Morgan fingerprint density at radius 2 is 1.76 bits per heavy atom. The Hall–Kier alpha value is -2.64. The van der Waals surface area contributed by atoms with Crippen molar-refractivity contribution < 1.29 is 17.6 Å². The van der Waals surface area contributed by atoms with Gasteiger partial charge in [-0.15, -0.1) is 0 Å². The number of sulfonamides is 1. The van der Waals surface area contributed by atoms with Crippen molar-refractivity contribution >= 4 is 10.0 Å². The van der Waals surface area contributed by atoms with Gasteiger partial charge in [0.2, 0.25) is 15.9 Å². The molecule has 2 aromatic carbocycles. The molecule has 0 aliphatic carbocycles. The number of ether oxygens (including phenoxy) is 1. The van der Waals surface area contributed by atoms with Crippen LogP contribution < -0.4 is 4.74 Å². The topological polar surface area (TPSA) is 72.6 Å². The van der Waals surface area contributed by atoms with E-state index in [9.17, 15) is 8.42 Å². The third kappa shape index (κ3) is 3.72. The van der Waals surface area contributed by atoms with E-state index in [1.54, 1.807) is 37.4 Å². The molecule has 0 amide bonds. The van der Waals surface area contributed by atoms with Gasteiger partial charge in [0.15, 0.2) is 0 Å². The van der Waals surface area contributed by atoms with Crippen molar-refractivity contribution in [1.82, 2.24) is 9.29 Å². The molecule has 25 heavy (non-hydrogen) atoms. The fourth-order valence-corrected chi connectivity index (χ4v) is 3.49. The minimum Gasteiger partial charge on any atom is -0.497 e. The van der Waals surface area contributed by atoms with Gasteiger partial charge in [-0.3, -0.25) is 0 Å². The Morgan fingerprint density at radius 3 is 2.40 bits per heavy atom. The molecule has 0 bridgehead atoms. The summed E-state index contributed by atoms with van der Waals surface area (Å²) in [6.07, 6.45) is 1.47. The Labute approximate surface area is 146 Å². The average Bonchev–Trinajstić information content (AvgIpc) is 3.11. The Bertz CT molecular complexity index is 935. The highest BCUT2D eigenvalue weighted by molar-refractivity contribution is 7.89. The lowest BCUT2D eigenvalue weighted by Crippen LogP contribution is -2.26. The van der Waals surface area contributed by atoms with Crippen LogP contribution >= 0.6 is 0 Å². The number of rotatable bonds is 6. The first kappa shape index (κ1) is 17.2. The molecular weight excluding hydrogens is 340 g/mol. The first-order chi connectivity index (χ1) is 12.0. The van der Waals surface area contributed by atoms with Crippen LogP contribution in [0.5, 0.6) is 5.75 Å². The first-order valence-corrected chi connectivity index (χ1v) is 9.05. The number of benzene rings is 2. The minimum absolute atomic E-state index is 0.122. The maximum absolute atomic E-state index is 12.5. The van der Waals surface area contributed by atoms with Crippen molar-refractivity contribution in [2.24, 2.45) is 0 Å². The van der Waals surface area contributed by atoms with Crippen LogP contribution in [0.4, 0.5) is 0 Å². The van der Waals surface area contributed by atoms with Crippen LogP contribution in [0, 0.1) is 0 Å². The van der Waals surface area contributed by atoms with Crippen molar-refractivity contribution in [1.29, 1.82) is 0 Å². The molecule has 0 N–H and O–H groups in total. The van der Waals surface area contributed by atoms with Gasteiger partial charge in [0.1, 0.15) is 12.0 Å². The Morgan fingerprint density at radius 1 is 1.08 bits per heavy atom. The van der Waals surface area contributed by atoms with Crippen LogP contribution in [-0.4, -0.2) is 31.9 Å². The highest BCUT2D eigenvalue weighted by Crippen LogP contribution is 2.23. The monoisotopic (exact) mass is 358 g/mol. The van der Waals surface area contributed by atoms with E-state index in [0.717, 1.165) is 11.3 Å². The van der Waals surface area contributed by atoms with E-state index in [4.69, 9.17) is 9.15 Å². The summed E-state index contributed by atoms with van der Waals surface area (Å²) in [7, 11) is -0.450. The second-order valence-electron chi connectivity index (χ2n) is 5.45. The molecule has 0 saturated carbocycles. The SMILES string of the molecule is COc1ccc(-c2nc(CN(C)S(=O)(=O)c3ccccc3)co2)cc1. The van der Waals surface area contributed by atoms with E-state index in [0.29, 0.717) is 11.6 Å². The molecule has 1 aromatic heterocycles. The fraction of sp³-hybridized carbons (Fsp3) is 0.167. The Balaban J connectivity index is 1.76. The number of hydrogen-bond acceptors (Lipinski definition) is 5. The summed E-state index contributed by atoms with van der Waals surface area (Å²) >= 11 is 0. The predicted molar refractivity (Wildman–Crippen MR) is 93.6 cm³/mol. The number of hydrogen-bond donors (Lipinski definition) is 0. The maximum Gasteiger partial charge on any atom is 0.243 e. The molecule has 0 aliphatic rings. The van der Waals surface area contributed by atoms with Crippen molar-refractivity contribution in [3.63, 3.8) is 0 Å². The lowest BCUT2D eigenvalue weighted by Gasteiger charge is -2.15. The quantitative estimate of drug-likeness (QED) is 0.677. The third-order valence-electron chi connectivity index (χ3n) is 3.72. The molecular formula is C18H18N2O4S. The number of methoxy groups -OCH3 is 1. The summed E-state index contributed by atoms with van der Waals surface area (Å²) in [5.74, 6) is 1.17. The number of oxazole rings is 1. The van der Waals surface area contributed by atoms with Crippen LogP contribution in [0.25, 0.3) is 11.5 Å². The summed E-state index contributed by atoms with van der Waals surface area (Å²) in [6.45, 7) is 0.122. The Kier molecular flexibility index (Phi) is 4.87. The van der Waals surface area contributed by atoms with Gasteiger partial charge in [0.25, 0.3) is 0 Å². The second-order valence-corrected chi connectivity index (χ2v) is 7.49. The largest absolute Gasteiger partial charge is 0.497 e. The van der Waals surface area contributed by atoms with E-state index < -0.39 is 10.0 Å². The lowest BCUT2D eigenvalue weighted by molar-refractivity contribution is 0.415. The molecule has 0 radical (unpaired) electrons. The summed E-state index contributed by atoms with van der Waals surface area (Å²) in [5.41, 5.74) is 1.33. The molecule has 0 saturated heterocycles. The average molecular weight is 358 g/mol. The molecule has 130 valence electrons. The first-order valence-electron chi connectivity index (χ1n) is 7.61. The fourth-order valence-electron chi connectivity index (χ4n) is 2.33. The van der Waals surface area contributed by atoms with Crippen molar-refractivity contribution in [3.8, 4) is 17.2 Å². The summed E-state index contributed by atoms with van der Waals surface area (Å²) in [6, 6.07) is 15.6. The summed E-state index contributed by atoms with van der Waals surface area (Å²) in [4.78, 5) is 4.62. The van der Waals surface area contributed by atoms with Gasteiger partial charge in [-0.2, -0.15) is 4.31 Å².